The molecule has 6 rings (SSSR count). The highest BCUT2D eigenvalue weighted by molar-refractivity contribution is 6.05. The summed E-state index contributed by atoms with van der Waals surface area (Å²) in [4.78, 5) is 35.6. The molecule has 3 heterocycles. The first-order valence-electron chi connectivity index (χ1n) is 14.7. The van der Waals surface area contributed by atoms with E-state index < -0.39 is 23.7 Å². The number of ether oxygens (including phenoxy) is 2. The number of aromatic nitrogens is 4. The molecule has 3 aromatic heterocycles. The lowest BCUT2D eigenvalue weighted by Crippen LogP contribution is -2.26. The average Bonchev–Trinajstić information content (AvgIpc) is 3.56. The standard InChI is InChI=1S/C32H36FN5O4/c1-20(2)42-30-24(29(39)34-26-9-6-14-38(31(26)40)28-15-25(28)33)16-37-17-27(35-32(37)36-30)23-12-10-22(11-13-23)19-41-18-21-7-4-3-5-8-21/h3-9,14,16-17,20,22-23,25,28H,10-13,15,18-19H2,1-2H3,(H,34,39)/t22-,23-,25-,28+/m1/s1. The number of hydrogen-bond donors (Lipinski definition) is 1. The Balaban J connectivity index is 1.15. The van der Waals surface area contributed by atoms with Gasteiger partial charge in [0.1, 0.15) is 17.4 Å². The molecule has 1 N–H and O–H groups in total. The Bertz CT molecular complexity index is 1610. The maximum absolute atomic E-state index is 13.6. The topological polar surface area (TPSA) is 99.8 Å². The fourth-order valence-corrected chi connectivity index (χ4v) is 5.63. The first-order valence-corrected chi connectivity index (χ1v) is 14.7. The molecule has 0 aliphatic heterocycles. The third kappa shape index (κ3) is 6.23. The van der Waals surface area contributed by atoms with Crippen LogP contribution in [0.2, 0.25) is 0 Å². The van der Waals surface area contributed by atoms with Gasteiger partial charge < -0.3 is 19.4 Å². The van der Waals surface area contributed by atoms with Gasteiger partial charge >= 0.3 is 0 Å². The fourth-order valence-electron chi connectivity index (χ4n) is 5.63. The Morgan fingerprint density at radius 2 is 1.83 bits per heavy atom. The molecule has 9 nitrogen and oxygen atoms in total. The molecule has 0 spiro atoms. The second-order valence-corrected chi connectivity index (χ2v) is 11.6. The van der Waals surface area contributed by atoms with Crippen LogP contribution in [0.5, 0.6) is 5.88 Å². The van der Waals surface area contributed by atoms with Gasteiger partial charge in [0.25, 0.3) is 11.5 Å². The number of nitrogens with zero attached hydrogens (tertiary/aromatic N) is 4. The van der Waals surface area contributed by atoms with Crippen LogP contribution in [0, 0.1) is 5.92 Å². The summed E-state index contributed by atoms with van der Waals surface area (Å²) >= 11 is 0. The second-order valence-electron chi connectivity index (χ2n) is 11.6. The highest BCUT2D eigenvalue weighted by atomic mass is 19.1. The molecule has 2 aliphatic rings. The summed E-state index contributed by atoms with van der Waals surface area (Å²) in [5, 5.41) is 2.68. The van der Waals surface area contributed by atoms with Crippen LogP contribution in [-0.2, 0) is 11.3 Å². The molecular formula is C32H36FN5O4. The maximum Gasteiger partial charge on any atom is 0.274 e. The Morgan fingerprint density at radius 1 is 1.07 bits per heavy atom. The first-order chi connectivity index (χ1) is 20.4. The van der Waals surface area contributed by atoms with Crippen molar-refractivity contribution in [2.45, 2.75) is 76.8 Å². The minimum absolute atomic E-state index is 0.0769. The number of halogens is 1. The predicted molar refractivity (Wildman–Crippen MR) is 157 cm³/mol. The number of carbonyl (C=O) groups excluding carboxylic acids is 1. The molecule has 1 amide bonds. The summed E-state index contributed by atoms with van der Waals surface area (Å²) in [5.41, 5.74) is 1.95. The molecular weight excluding hydrogens is 537 g/mol. The van der Waals surface area contributed by atoms with Gasteiger partial charge in [-0.1, -0.05) is 30.3 Å². The Hall–Kier alpha value is -4.05. The first kappa shape index (κ1) is 28.1. The van der Waals surface area contributed by atoms with Gasteiger partial charge in [0.15, 0.2) is 0 Å². The minimum Gasteiger partial charge on any atom is -0.474 e. The van der Waals surface area contributed by atoms with Crippen LogP contribution in [-0.4, -0.2) is 43.7 Å². The number of imidazole rings is 1. The van der Waals surface area contributed by atoms with Crippen molar-refractivity contribution in [1.82, 2.24) is 18.9 Å². The number of hydrogen-bond acceptors (Lipinski definition) is 6. The highest BCUT2D eigenvalue weighted by Crippen LogP contribution is 2.38. The monoisotopic (exact) mass is 573 g/mol. The molecule has 4 aromatic rings. The van der Waals surface area contributed by atoms with Gasteiger partial charge in [-0.2, -0.15) is 4.98 Å². The third-order valence-corrected chi connectivity index (χ3v) is 8.01. The smallest absolute Gasteiger partial charge is 0.274 e. The molecule has 2 fully saturated rings. The number of alkyl halides is 1. The van der Waals surface area contributed by atoms with Crippen LogP contribution in [0.15, 0.2) is 65.8 Å². The third-order valence-electron chi connectivity index (χ3n) is 8.01. The van der Waals surface area contributed by atoms with Crippen LogP contribution in [0.4, 0.5) is 10.1 Å². The van der Waals surface area contributed by atoms with Gasteiger partial charge in [-0.3, -0.25) is 14.0 Å². The predicted octanol–water partition coefficient (Wildman–Crippen LogP) is 5.70. The van der Waals surface area contributed by atoms with Gasteiger partial charge in [0.05, 0.1) is 24.4 Å². The number of fused-ring (bicyclic) bond motifs is 1. The Morgan fingerprint density at radius 3 is 2.55 bits per heavy atom. The van der Waals surface area contributed by atoms with E-state index in [0.717, 1.165) is 38.0 Å². The van der Waals surface area contributed by atoms with Gasteiger partial charge in [0.2, 0.25) is 11.7 Å². The number of nitrogens with one attached hydrogen (secondary N) is 1. The number of pyridine rings is 1. The lowest BCUT2D eigenvalue weighted by Gasteiger charge is -2.27. The molecule has 0 radical (unpaired) electrons. The zero-order valence-electron chi connectivity index (χ0n) is 23.9. The van der Waals surface area contributed by atoms with E-state index in [4.69, 9.17) is 14.5 Å². The lowest BCUT2D eigenvalue weighted by atomic mass is 9.81. The minimum atomic E-state index is -1.04. The number of carbonyl (C=O) groups is 1. The quantitative estimate of drug-likeness (QED) is 0.261. The zero-order valence-corrected chi connectivity index (χ0v) is 23.9. The summed E-state index contributed by atoms with van der Waals surface area (Å²) in [6, 6.07) is 12.9. The van der Waals surface area contributed by atoms with Crippen molar-refractivity contribution in [3.05, 3.63) is 88.2 Å². The van der Waals surface area contributed by atoms with Gasteiger partial charge in [0, 0.05) is 37.5 Å². The van der Waals surface area contributed by atoms with E-state index in [0.29, 0.717) is 30.6 Å². The molecule has 2 atom stereocenters. The van der Waals surface area contributed by atoms with Crippen molar-refractivity contribution in [3.8, 4) is 5.88 Å². The summed E-state index contributed by atoms with van der Waals surface area (Å²) in [6.07, 6.45) is 8.30. The second kappa shape index (κ2) is 12.1. The Labute approximate surface area is 243 Å². The molecule has 2 saturated carbocycles. The lowest BCUT2D eigenvalue weighted by molar-refractivity contribution is 0.0714. The van der Waals surface area contributed by atoms with E-state index in [9.17, 15) is 14.0 Å². The van der Waals surface area contributed by atoms with Crippen LogP contribution < -0.4 is 15.6 Å². The van der Waals surface area contributed by atoms with Gasteiger partial charge in [-0.05, 0) is 63.1 Å². The van der Waals surface area contributed by atoms with E-state index in [1.807, 2.05) is 38.2 Å². The molecule has 0 bridgehead atoms. The van der Waals surface area contributed by atoms with E-state index in [1.165, 1.54) is 16.2 Å². The molecule has 42 heavy (non-hydrogen) atoms. The van der Waals surface area contributed by atoms with Gasteiger partial charge in [-0.15, -0.1) is 0 Å². The summed E-state index contributed by atoms with van der Waals surface area (Å²) in [7, 11) is 0. The average molecular weight is 574 g/mol. The SMILES string of the molecule is CC(C)Oc1nc2nc([C@H]3CC[C@H](COCc4ccccc4)CC3)cn2cc1C(=O)Nc1cccn([C@H]2C[C@H]2F)c1=O. The molecule has 1 aromatic carbocycles. The largest absolute Gasteiger partial charge is 0.474 e. The van der Waals surface area contributed by atoms with Crippen molar-refractivity contribution in [2.24, 2.45) is 5.92 Å². The van der Waals surface area contributed by atoms with Crippen molar-refractivity contribution in [1.29, 1.82) is 0 Å². The molecule has 0 unspecified atom stereocenters. The zero-order chi connectivity index (χ0) is 29.2. The molecule has 10 heteroatoms. The van der Waals surface area contributed by atoms with Crippen molar-refractivity contribution in [3.63, 3.8) is 0 Å². The maximum atomic E-state index is 13.6. The van der Waals surface area contributed by atoms with Crippen molar-refractivity contribution >= 4 is 17.4 Å². The van der Waals surface area contributed by atoms with Crippen LogP contribution in [0.1, 0.15) is 79.5 Å². The van der Waals surface area contributed by atoms with Crippen molar-refractivity contribution in [2.75, 3.05) is 11.9 Å². The molecule has 2 aliphatic carbocycles. The summed E-state index contributed by atoms with van der Waals surface area (Å²) < 4.78 is 28.6. The number of anilines is 1. The van der Waals surface area contributed by atoms with Crippen LogP contribution in [0.3, 0.4) is 0 Å². The molecule has 0 saturated heterocycles. The van der Waals surface area contributed by atoms with E-state index in [-0.39, 0.29) is 23.2 Å². The summed E-state index contributed by atoms with van der Waals surface area (Å²) in [5.74, 6) is 0.894. The highest BCUT2D eigenvalue weighted by Gasteiger charge is 2.40. The van der Waals surface area contributed by atoms with E-state index in [1.54, 1.807) is 22.9 Å². The Kier molecular flexibility index (Phi) is 8.06. The van der Waals surface area contributed by atoms with Crippen LogP contribution in [0.25, 0.3) is 5.78 Å². The molecule has 220 valence electrons. The van der Waals surface area contributed by atoms with Gasteiger partial charge in [-0.25, -0.2) is 9.37 Å². The van der Waals surface area contributed by atoms with Crippen molar-refractivity contribution < 1.29 is 18.7 Å². The number of benzene rings is 1. The normalized spacial score (nSPS) is 21.9. The van der Waals surface area contributed by atoms with E-state index >= 15 is 0 Å². The van der Waals surface area contributed by atoms with E-state index in [2.05, 4.69) is 22.4 Å². The fraction of sp³-hybridized carbons (Fsp3) is 0.438. The summed E-state index contributed by atoms with van der Waals surface area (Å²) in [6.45, 7) is 5.09. The van der Waals surface area contributed by atoms with Crippen LogP contribution >= 0.6 is 0 Å². The number of rotatable bonds is 10. The number of amides is 1.